The van der Waals surface area contributed by atoms with Crippen molar-refractivity contribution in [3.05, 3.63) is 59.0 Å². The quantitative estimate of drug-likeness (QED) is 0.543. The van der Waals surface area contributed by atoms with Crippen LogP contribution in [0, 0.1) is 6.92 Å². The molecule has 0 atom stereocenters. The second-order valence-electron chi connectivity index (χ2n) is 7.18. The second kappa shape index (κ2) is 6.76. The molecule has 7 nitrogen and oxygen atoms in total. The van der Waals surface area contributed by atoms with Crippen LogP contribution in [0.2, 0.25) is 0 Å². The molecule has 0 spiro atoms. The molecule has 28 heavy (non-hydrogen) atoms. The van der Waals surface area contributed by atoms with E-state index in [0.717, 1.165) is 49.4 Å². The third-order valence-electron chi connectivity index (χ3n) is 5.17. The van der Waals surface area contributed by atoms with Crippen LogP contribution in [-0.4, -0.2) is 40.5 Å². The summed E-state index contributed by atoms with van der Waals surface area (Å²) in [6.07, 6.45) is 6.52. The van der Waals surface area contributed by atoms with Crippen molar-refractivity contribution in [2.75, 3.05) is 31.1 Å². The van der Waals surface area contributed by atoms with Crippen LogP contribution in [0.1, 0.15) is 12.1 Å². The van der Waals surface area contributed by atoms with Gasteiger partial charge in [0, 0.05) is 49.2 Å². The van der Waals surface area contributed by atoms with Crippen LogP contribution in [-0.2, 0) is 0 Å². The maximum absolute atomic E-state index is 12.7. The van der Waals surface area contributed by atoms with Crippen LogP contribution in [0.3, 0.4) is 0 Å². The summed E-state index contributed by atoms with van der Waals surface area (Å²) in [5, 5.41) is 4.29. The van der Waals surface area contributed by atoms with Gasteiger partial charge in [0.15, 0.2) is 5.65 Å². The smallest absolute Gasteiger partial charge is 0.345 e. The molecule has 0 radical (unpaired) electrons. The lowest BCUT2D eigenvalue weighted by molar-refractivity contribution is 0.563. The number of fused-ring (bicyclic) bond motifs is 2. The number of anilines is 1. The van der Waals surface area contributed by atoms with E-state index < -0.39 is 0 Å². The summed E-state index contributed by atoms with van der Waals surface area (Å²) in [5.41, 5.74) is 3.94. The average Bonchev–Trinajstić information content (AvgIpc) is 2.91. The highest BCUT2D eigenvalue weighted by atomic mass is 16.4. The Morgan fingerprint density at radius 1 is 1.14 bits per heavy atom. The van der Waals surface area contributed by atoms with Crippen molar-refractivity contribution < 1.29 is 4.42 Å². The molecule has 1 aliphatic rings. The Hall–Kier alpha value is -3.19. The first-order valence-corrected chi connectivity index (χ1v) is 9.53. The SMILES string of the molecule is Cc1cn2cc(-c3cc4ccc(N5CCCNCC5)cc4oc3=O)nc2cn1. The van der Waals surface area contributed by atoms with Crippen LogP contribution in [0.4, 0.5) is 5.69 Å². The Morgan fingerprint density at radius 3 is 3.00 bits per heavy atom. The Balaban J connectivity index is 1.56. The lowest BCUT2D eigenvalue weighted by atomic mass is 10.1. The van der Waals surface area contributed by atoms with Crippen LogP contribution in [0.5, 0.6) is 0 Å². The zero-order chi connectivity index (χ0) is 19.1. The van der Waals surface area contributed by atoms with E-state index in [4.69, 9.17) is 4.42 Å². The topological polar surface area (TPSA) is 75.7 Å². The van der Waals surface area contributed by atoms with Gasteiger partial charge in [-0.25, -0.2) is 9.78 Å². The number of benzene rings is 1. The van der Waals surface area contributed by atoms with Crippen molar-refractivity contribution in [2.45, 2.75) is 13.3 Å². The van der Waals surface area contributed by atoms with Crippen molar-refractivity contribution in [3.8, 4) is 11.3 Å². The standard InChI is InChI=1S/C21H21N5O2/c1-14-12-26-13-18(24-20(26)11-23-14)17-9-15-3-4-16(10-19(15)28-21(17)27)25-7-2-5-22-6-8-25/h3-4,9-13,22H,2,5-8H2,1H3. The van der Waals surface area contributed by atoms with Gasteiger partial charge in [-0.1, -0.05) is 0 Å². The number of aryl methyl sites for hydroxylation is 1. The Bertz CT molecular complexity index is 1220. The molecule has 1 aliphatic heterocycles. The molecular weight excluding hydrogens is 354 g/mol. The van der Waals surface area contributed by atoms with Crippen molar-refractivity contribution >= 4 is 22.3 Å². The maximum atomic E-state index is 12.7. The molecule has 0 bridgehead atoms. The van der Waals surface area contributed by atoms with E-state index in [1.807, 2.05) is 41.9 Å². The summed E-state index contributed by atoms with van der Waals surface area (Å²) < 4.78 is 7.54. The number of imidazole rings is 1. The van der Waals surface area contributed by atoms with Gasteiger partial charge in [0.25, 0.3) is 0 Å². The number of nitrogens with zero attached hydrogens (tertiary/aromatic N) is 4. The number of aromatic nitrogens is 3. The van der Waals surface area contributed by atoms with Gasteiger partial charge in [-0.2, -0.15) is 0 Å². The van der Waals surface area contributed by atoms with Crippen molar-refractivity contribution in [1.82, 2.24) is 19.7 Å². The van der Waals surface area contributed by atoms with Gasteiger partial charge in [-0.15, -0.1) is 0 Å². The molecule has 0 saturated carbocycles. The lowest BCUT2D eigenvalue weighted by Gasteiger charge is -2.22. The summed E-state index contributed by atoms with van der Waals surface area (Å²) in [7, 11) is 0. The minimum atomic E-state index is -0.379. The normalized spacial score (nSPS) is 15.2. The van der Waals surface area contributed by atoms with Crippen LogP contribution in [0.15, 0.2) is 52.1 Å². The lowest BCUT2D eigenvalue weighted by Crippen LogP contribution is -2.27. The predicted molar refractivity (Wildman–Crippen MR) is 109 cm³/mol. The van der Waals surface area contributed by atoms with Crippen LogP contribution < -0.4 is 15.8 Å². The molecular formula is C21H21N5O2. The third-order valence-corrected chi connectivity index (χ3v) is 5.17. The van der Waals surface area contributed by atoms with Gasteiger partial charge < -0.3 is 19.0 Å². The third kappa shape index (κ3) is 3.03. The molecule has 1 aromatic carbocycles. The van der Waals surface area contributed by atoms with Crippen molar-refractivity contribution in [2.24, 2.45) is 0 Å². The molecule has 3 aromatic heterocycles. The molecule has 0 aliphatic carbocycles. The van der Waals surface area contributed by atoms with Gasteiger partial charge in [0.1, 0.15) is 5.58 Å². The van der Waals surface area contributed by atoms with Crippen LogP contribution >= 0.6 is 0 Å². The molecule has 0 unspecified atom stereocenters. The van der Waals surface area contributed by atoms with E-state index in [0.29, 0.717) is 22.5 Å². The highest BCUT2D eigenvalue weighted by molar-refractivity contribution is 5.84. The summed E-state index contributed by atoms with van der Waals surface area (Å²) in [6.45, 7) is 5.86. The van der Waals surface area contributed by atoms with Crippen LogP contribution in [0.25, 0.3) is 27.9 Å². The number of hydrogen-bond acceptors (Lipinski definition) is 6. The van der Waals surface area contributed by atoms with E-state index in [9.17, 15) is 4.79 Å². The first-order chi connectivity index (χ1) is 13.7. The molecule has 1 N–H and O–H groups in total. The molecule has 142 valence electrons. The number of hydrogen-bond donors (Lipinski definition) is 1. The Kier molecular flexibility index (Phi) is 4.09. The molecule has 7 heteroatoms. The average molecular weight is 375 g/mol. The van der Waals surface area contributed by atoms with Gasteiger partial charge in [-0.05, 0) is 38.1 Å². The zero-order valence-electron chi connectivity index (χ0n) is 15.7. The van der Waals surface area contributed by atoms with Gasteiger partial charge >= 0.3 is 5.63 Å². The van der Waals surface area contributed by atoms with E-state index >= 15 is 0 Å². The minimum Gasteiger partial charge on any atom is -0.422 e. The summed E-state index contributed by atoms with van der Waals surface area (Å²) in [6, 6.07) is 7.92. The first-order valence-electron chi connectivity index (χ1n) is 9.53. The van der Waals surface area contributed by atoms with E-state index in [-0.39, 0.29) is 5.63 Å². The molecule has 1 fully saturated rings. The fourth-order valence-corrected chi connectivity index (χ4v) is 3.71. The summed E-state index contributed by atoms with van der Waals surface area (Å²) in [4.78, 5) is 23.8. The molecule has 1 saturated heterocycles. The number of nitrogens with one attached hydrogen (secondary N) is 1. The first kappa shape index (κ1) is 16.9. The van der Waals surface area contributed by atoms with Crippen molar-refractivity contribution in [3.63, 3.8) is 0 Å². The fraction of sp³-hybridized carbons (Fsp3) is 0.286. The largest absolute Gasteiger partial charge is 0.422 e. The number of rotatable bonds is 2. The van der Waals surface area contributed by atoms with Gasteiger partial charge in [0.05, 0.1) is 23.1 Å². The Morgan fingerprint density at radius 2 is 2.07 bits per heavy atom. The van der Waals surface area contributed by atoms with E-state index in [1.54, 1.807) is 6.20 Å². The minimum absolute atomic E-state index is 0.379. The molecule has 5 rings (SSSR count). The zero-order valence-corrected chi connectivity index (χ0v) is 15.7. The van der Waals surface area contributed by atoms with E-state index in [2.05, 4.69) is 26.3 Å². The van der Waals surface area contributed by atoms with Crippen molar-refractivity contribution in [1.29, 1.82) is 0 Å². The van der Waals surface area contributed by atoms with Gasteiger partial charge in [0.2, 0.25) is 0 Å². The van der Waals surface area contributed by atoms with Gasteiger partial charge in [-0.3, -0.25) is 4.98 Å². The molecule has 4 heterocycles. The molecule has 0 amide bonds. The molecule has 4 aromatic rings. The Labute approximate surface area is 161 Å². The second-order valence-corrected chi connectivity index (χ2v) is 7.18. The monoisotopic (exact) mass is 375 g/mol. The fourth-order valence-electron chi connectivity index (χ4n) is 3.71. The van der Waals surface area contributed by atoms with E-state index in [1.165, 1.54) is 0 Å². The highest BCUT2D eigenvalue weighted by Gasteiger charge is 2.14. The maximum Gasteiger partial charge on any atom is 0.345 e. The summed E-state index contributed by atoms with van der Waals surface area (Å²) >= 11 is 0. The predicted octanol–water partition coefficient (Wildman–Crippen LogP) is 2.61. The summed E-state index contributed by atoms with van der Waals surface area (Å²) in [5.74, 6) is 0. The highest BCUT2D eigenvalue weighted by Crippen LogP contribution is 2.25.